The summed E-state index contributed by atoms with van der Waals surface area (Å²) in [5.41, 5.74) is -0.265. The van der Waals surface area contributed by atoms with Crippen LogP contribution in [0.3, 0.4) is 0 Å². The van der Waals surface area contributed by atoms with Gasteiger partial charge in [-0.2, -0.15) is 0 Å². The summed E-state index contributed by atoms with van der Waals surface area (Å²) in [5.74, 6) is -2.10. The summed E-state index contributed by atoms with van der Waals surface area (Å²) in [5, 5.41) is 8.99. The number of carbonyl (C=O) groups is 1. The lowest BCUT2D eigenvalue weighted by molar-refractivity contribution is 0.0690. The van der Waals surface area contributed by atoms with Gasteiger partial charge in [-0.05, 0) is 19.9 Å². The van der Waals surface area contributed by atoms with Gasteiger partial charge in [-0.3, -0.25) is 9.71 Å². The van der Waals surface area contributed by atoms with Crippen molar-refractivity contribution in [3.8, 4) is 0 Å². The van der Waals surface area contributed by atoms with E-state index in [1.807, 2.05) is 0 Å². The highest BCUT2D eigenvalue weighted by Crippen LogP contribution is 2.26. The van der Waals surface area contributed by atoms with Crippen molar-refractivity contribution < 1.29 is 22.7 Å². The second kappa shape index (κ2) is 5.17. The van der Waals surface area contributed by atoms with E-state index in [-0.39, 0.29) is 27.5 Å². The third-order valence-electron chi connectivity index (χ3n) is 2.87. The van der Waals surface area contributed by atoms with Crippen molar-refractivity contribution in [3.63, 3.8) is 0 Å². The lowest BCUT2D eigenvalue weighted by Gasteiger charge is -2.09. The van der Waals surface area contributed by atoms with Crippen LogP contribution in [-0.2, 0) is 10.0 Å². The van der Waals surface area contributed by atoms with E-state index in [0.717, 1.165) is 6.20 Å². The highest BCUT2D eigenvalue weighted by atomic mass is 32.2. The van der Waals surface area contributed by atoms with E-state index in [1.165, 1.54) is 26.1 Å². The number of nitrogens with one attached hydrogen (secondary N) is 2. The molecule has 0 aliphatic rings. The van der Waals surface area contributed by atoms with Crippen molar-refractivity contribution in [2.24, 2.45) is 0 Å². The Morgan fingerprint density at radius 3 is 2.62 bits per heavy atom. The van der Waals surface area contributed by atoms with E-state index in [4.69, 9.17) is 5.11 Å². The molecule has 0 aromatic carbocycles. The summed E-state index contributed by atoms with van der Waals surface area (Å²) < 4.78 is 40.2. The van der Waals surface area contributed by atoms with Gasteiger partial charge in [-0.15, -0.1) is 0 Å². The SMILES string of the molecule is Cc1[nH]c(C(=O)O)c(C)c1S(=O)(=O)Nc1ccncc1F. The number of nitrogens with zero attached hydrogens (tertiary/aromatic N) is 1. The number of hydrogen-bond acceptors (Lipinski definition) is 4. The van der Waals surface area contributed by atoms with Gasteiger partial charge in [0.25, 0.3) is 10.0 Å². The molecule has 2 aromatic rings. The first kappa shape index (κ1) is 15.0. The number of H-pyrrole nitrogens is 1. The van der Waals surface area contributed by atoms with E-state index in [9.17, 15) is 17.6 Å². The Morgan fingerprint density at radius 1 is 1.43 bits per heavy atom. The maximum Gasteiger partial charge on any atom is 0.352 e. The predicted octanol–water partition coefficient (Wildman–Crippen LogP) is 1.66. The standard InChI is InChI=1S/C12H12FN3O4S/c1-6-10(12(17)18)15-7(2)11(6)21(19,20)16-9-3-4-14-5-8(9)13/h3-5,15H,1-2H3,(H,14,16)(H,17,18). The quantitative estimate of drug-likeness (QED) is 0.794. The molecule has 0 saturated carbocycles. The molecular weight excluding hydrogens is 301 g/mol. The second-order valence-electron chi connectivity index (χ2n) is 4.35. The minimum Gasteiger partial charge on any atom is -0.477 e. The second-order valence-corrected chi connectivity index (χ2v) is 5.96. The van der Waals surface area contributed by atoms with Gasteiger partial charge >= 0.3 is 5.97 Å². The van der Waals surface area contributed by atoms with Gasteiger partial charge < -0.3 is 10.1 Å². The number of halogens is 1. The molecule has 9 heteroatoms. The average Bonchev–Trinajstić information content (AvgIpc) is 2.68. The average molecular weight is 313 g/mol. The zero-order chi connectivity index (χ0) is 15.8. The Kier molecular flexibility index (Phi) is 3.69. The first-order chi connectivity index (χ1) is 9.74. The van der Waals surface area contributed by atoms with E-state index in [2.05, 4.69) is 14.7 Å². The number of hydrogen-bond donors (Lipinski definition) is 3. The number of anilines is 1. The first-order valence-electron chi connectivity index (χ1n) is 5.79. The summed E-state index contributed by atoms with van der Waals surface area (Å²) in [6.45, 7) is 2.79. The maximum absolute atomic E-state index is 13.5. The summed E-state index contributed by atoms with van der Waals surface area (Å²) in [6, 6.07) is 1.17. The fourth-order valence-corrected chi connectivity index (χ4v) is 3.52. The molecule has 0 radical (unpaired) electrons. The van der Waals surface area contributed by atoms with Crippen molar-refractivity contribution >= 4 is 21.7 Å². The molecule has 3 N–H and O–H groups in total. The molecule has 7 nitrogen and oxygen atoms in total. The Hall–Kier alpha value is -2.42. The molecule has 2 rings (SSSR count). The first-order valence-corrected chi connectivity index (χ1v) is 7.27. The van der Waals surface area contributed by atoms with Gasteiger partial charge in [-0.25, -0.2) is 17.6 Å². The minimum atomic E-state index is -4.12. The molecular formula is C12H12FN3O4S. The van der Waals surface area contributed by atoms with Gasteiger partial charge in [0, 0.05) is 17.5 Å². The van der Waals surface area contributed by atoms with Gasteiger partial charge in [-0.1, -0.05) is 0 Å². The largest absolute Gasteiger partial charge is 0.477 e. The third-order valence-corrected chi connectivity index (χ3v) is 4.51. The van der Waals surface area contributed by atoms with Crippen LogP contribution >= 0.6 is 0 Å². The van der Waals surface area contributed by atoms with Crippen molar-refractivity contribution in [3.05, 3.63) is 41.2 Å². The van der Waals surface area contributed by atoms with Crippen LogP contribution in [0.2, 0.25) is 0 Å². The molecule has 0 aliphatic carbocycles. The number of rotatable bonds is 4. The van der Waals surface area contributed by atoms with Crippen LogP contribution in [0.15, 0.2) is 23.4 Å². The van der Waals surface area contributed by atoms with E-state index < -0.39 is 21.8 Å². The van der Waals surface area contributed by atoms with E-state index in [1.54, 1.807) is 0 Å². The molecule has 21 heavy (non-hydrogen) atoms. The summed E-state index contributed by atoms with van der Waals surface area (Å²) in [4.78, 5) is 16.8. The number of pyridine rings is 1. The summed E-state index contributed by atoms with van der Waals surface area (Å²) >= 11 is 0. The van der Waals surface area contributed by atoms with Crippen LogP contribution in [0.4, 0.5) is 10.1 Å². The number of carboxylic acids is 1. The van der Waals surface area contributed by atoms with E-state index >= 15 is 0 Å². The zero-order valence-corrected chi connectivity index (χ0v) is 12.0. The van der Waals surface area contributed by atoms with Gasteiger partial charge in [0.2, 0.25) is 0 Å². The van der Waals surface area contributed by atoms with E-state index in [0.29, 0.717) is 0 Å². The van der Waals surface area contributed by atoms with Crippen molar-refractivity contribution in [2.75, 3.05) is 4.72 Å². The van der Waals surface area contributed by atoms with Crippen molar-refractivity contribution in [2.45, 2.75) is 18.7 Å². The monoisotopic (exact) mass is 313 g/mol. The molecule has 0 amide bonds. The number of sulfonamides is 1. The number of carboxylic acid groups (broad SMARTS) is 1. The fraction of sp³-hybridized carbons (Fsp3) is 0.167. The van der Waals surface area contributed by atoms with Crippen LogP contribution in [0.25, 0.3) is 0 Å². The predicted molar refractivity (Wildman–Crippen MR) is 72.2 cm³/mol. The molecule has 0 spiro atoms. The fourth-order valence-electron chi connectivity index (χ4n) is 2.00. The van der Waals surface area contributed by atoms with Crippen LogP contribution in [0.5, 0.6) is 0 Å². The molecule has 112 valence electrons. The summed E-state index contributed by atoms with van der Waals surface area (Å²) in [7, 11) is -4.12. The van der Waals surface area contributed by atoms with Gasteiger partial charge in [0.05, 0.1) is 11.9 Å². The molecule has 2 heterocycles. The van der Waals surface area contributed by atoms with Crippen LogP contribution < -0.4 is 4.72 Å². The highest BCUT2D eigenvalue weighted by molar-refractivity contribution is 7.92. The normalized spacial score (nSPS) is 11.4. The van der Waals surface area contributed by atoms with Gasteiger partial charge in [0.1, 0.15) is 10.6 Å². The Morgan fingerprint density at radius 2 is 2.10 bits per heavy atom. The van der Waals surface area contributed by atoms with Crippen LogP contribution in [0.1, 0.15) is 21.7 Å². The van der Waals surface area contributed by atoms with Crippen LogP contribution in [0, 0.1) is 19.7 Å². The van der Waals surface area contributed by atoms with Gasteiger partial charge in [0.15, 0.2) is 5.82 Å². The van der Waals surface area contributed by atoms with Crippen LogP contribution in [-0.4, -0.2) is 29.5 Å². The van der Waals surface area contributed by atoms with Crippen molar-refractivity contribution in [1.29, 1.82) is 0 Å². The minimum absolute atomic E-state index is 0.0574. The smallest absolute Gasteiger partial charge is 0.352 e. The Balaban J connectivity index is 2.51. The Bertz CT molecular complexity index is 814. The summed E-state index contributed by atoms with van der Waals surface area (Å²) in [6.07, 6.45) is 2.11. The molecule has 0 saturated heterocycles. The maximum atomic E-state index is 13.5. The third kappa shape index (κ3) is 2.72. The number of aromatic amines is 1. The molecule has 0 fully saturated rings. The Labute approximate surface area is 119 Å². The number of aromatic carboxylic acids is 1. The molecule has 0 atom stereocenters. The molecule has 0 unspecified atom stereocenters. The molecule has 0 aliphatic heterocycles. The number of aromatic nitrogens is 2. The highest BCUT2D eigenvalue weighted by Gasteiger charge is 2.27. The zero-order valence-electron chi connectivity index (χ0n) is 11.1. The molecule has 0 bridgehead atoms. The van der Waals surface area contributed by atoms with Crippen molar-refractivity contribution in [1.82, 2.24) is 9.97 Å². The number of aryl methyl sites for hydroxylation is 1. The lowest BCUT2D eigenvalue weighted by Crippen LogP contribution is -2.15. The topological polar surface area (TPSA) is 112 Å². The lowest BCUT2D eigenvalue weighted by atomic mass is 10.2. The molecule has 2 aromatic heterocycles.